The van der Waals surface area contributed by atoms with E-state index < -0.39 is 60.9 Å². The molecular formula is C27H28ClF8N6O8+3. The van der Waals surface area contributed by atoms with Crippen LogP contribution >= 0.6 is 11.6 Å². The number of carbonyl (C=O) groups is 4. The molecule has 0 bridgehead atoms. The molecule has 1 atom stereocenters. The zero-order valence-electron chi connectivity index (χ0n) is 27.1. The number of carboxylic acid groups (broad SMARTS) is 2. The van der Waals surface area contributed by atoms with Gasteiger partial charge in [0.2, 0.25) is 5.91 Å². The number of hydrogen-bond acceptors (Lipinski definition) is 8. The molecule has 0 radical (unpaired) electrons. The molecule has 0 aliphatic heterocycles. The number of carbonyl (C=O) groups excluding carboxylic acids is 2. The lowest BCUT2D eigenvalue weighted by Gasteiger charge is -2.16. The molecule has 6 N–H and O–H groups in total. The van der Waals surface area contributed by atoms with Crippen molar-refractivity contribution in [3.8, 4) is 0 Å². The van der Waals surface area contributed by atoms with Crippen molar-refractivity contribution < 1.29 is 72.1 Å². The Labute approximate surface area is 283 Å². The largest absolute Gasteiger partial charge is 1.00 e. The van der Waals surface area contributed by atoms with Gasteiger partial charge in [0, 0.05) is 19.2 Å². The zero-order valence-corrected chi connectivity index (χ0v) is 25.9. The van der Waals surface area contributed by atoms with Gasteiger partial charge in [-0.1, -0.05) is 35.9 Å². The first-order valence-corrected chi connectivity index (χ1v) is 13.6. The van der Waals surface area contributed by atoms with Gasteiger partial charge in [0.25, 0.3) is 12.0 Å². The number of ether oxygens (including phenoxy) is 1. The number of aromatic amines is 1. The van der Waals surface area contributed by atoms with E-state index in [1.54, 1.807) is 36.4 Å². The standard InChI is InChI=1S/C23H23ClF2N6O4.2C2HF3O2/c1-36-23(35)30-11-15-7-3-2-6-14(15)10-28-18(33)13-32-17(24)12-29-21(22(32)34)31-19(20(25)26)16-8-4-5-9-27-16;2*3-2(4,5)1(6)7/h2-9,12,19-20,27H,10-11,13H2,1H3,(H2-,28,29,30,31,33,35);2*(H,6,7)/p+3. The number of H-pyrrole nitrogens is 1. The molecule has 274 valence electrons. The van der Waals surface area contributed by atoms with Crippen molar-refractivity contribution in [2.45, 2.75) is 44.5 Å². The Hall–Kier alpha value is -5.54. The van der Waals surface area contributed by atoms with E-state index in [0.717, 1.165) is 21.9 Å². The Balaban J connectivity index is 0. The monoisotopic (exact) mass is 751 g/mol. The molecule has 3 aromatic rings. The Morgan fingerprint density at radius 3 is 1.94 bits per heavy atom. The van der Waals surface area contributed by atoms with Gasteiger partial charge in [0.15, 0.2) is 11.9 Å². The number of pyridine rings is 1. The first-order chi connectivity index (χ1) is 23.2. The number of amides is 2. The topological polar surface area (TPSA) is 205 Å². The van der Waals surface area contributed by atoms with Crippen molar-refractivity contribution in [1.29, 1.82) is 0 Å². The van der Waals surface area contributed by atoms with Crippen LogP contribution in [0.3, 0.4) is 0 Å². The molecule has 0 saturated carbocycles. The number of nitrogens with one attached hydrogen (secondary N) is 4. The van der Waals surface area contributed by atoms with E-state index in [1.165, 1.54) is 19.4 Å². The van der Waals surface area contributed by atoms with Crippen LogP contribution in [0.1, 0.15) is 25.7 Å². The number of alkyl halides is 8. The molecule has 23 heteroatoms. The molecule has 50 heavy (non-hydrogen) atoms. The summed E-state index contributed by atoms with van der Waals surface area (Å²) in [6, 6.07) is 10.2. The molecule has 0 aliphatic carbocycles. The van der Waals surface area contributed by atoms with E-state index in [1.807, 2.05) is 0 Å². The summed E-state index contributed by atoms with van der Waals surface area (Å²) in [5, 5.41) is 21.8. The van der Waals surface area contributed by atoms with E-state index >= 15 is 0 Å². The zero-order chi connectivity index (χ0) is 38.2. The summed E-state index contributed by atoms with van der Waals surface area (Å²) >= 11 is 6.08. The minimum absolute atomic E-state index is 0. The van der Waals surface area contributed by atoms with Gasteiger partial charge in [-0.15, -0.1) is 0 Å². The Kier molecular flexibility index (Phi) is 16.5. The van der Waals surface area contributed by atoms with Gasteiger partial charge in [0.05, 0.1) is 25.4 Å². The van der Waals surface area contributed by atoms with Crippen molar-refractivity contribution in [2.24, 2.45) is 0 Å². The summed E-state index contributed by atoms with van der Waals surface area (Å²) in [4.78, 5) is 61.2. The van der Waals surface area contributed by atoms with Crippen molar-refractivity contribution in [1.82, 2.24) is 25.2 Å². The van der Waals surface area contributed by atoms with Gasteiger partial charge in [-0.2, -0.15) is 26.3 Å². The number of aliphatic carboxylic acids is 2. The molecule has 14 nitrogen and oxygen atoms in total. The SMILES string of the molecule is COC(=O)NCc1ccccc1CNC(=O)Cn1c(Cl)cnc(NC([c+]2cccc[nH]2)C(F)F)c1=O.O=C(O)C(F)(F)F.O=C(O)C(F)(F)F.[H+].[H+]. The summed E-state index contributed by atoms with van der Waals surface area (Å²) in [5.41, 5.74) is 0.802. The van der Waals surface area contributed by atoms with Crippen LogP contribution in [0, 0.1) is 0 Å². The van der Waals surface area contributed by atoms with Gasteiger partial charge in [-0.25, -0.2) is 28.1 Å². The Morgan fingerprint density at radius 2 is 1.50 bits per heavy atom. The third-order valence-corrected chi connectivity index (χ3v) is 5.91. The molecule has 2 heterocycles. The predicted octanol–water partition coefficient (Wildman–Crippen LogP) is 4.59. The second-order valence-corrected chi connectivity index (χ2v) is 9.48. The van der Waals surface area contributed by atoms with E-state index in [-0.39, 0.29) is 32.6 Å². The molecule has 0 aliphatic rings. The molecular weight excluding hydrogens is 724 g/mol. The lowest BCUT2D eigenvalue weighted by atomic mass is 10.1. The molecule has 2 aromatic heterocycles. The van der Waals surface area contributed by atoms with Crippen LogP contribution in [0.4, 0.5) is 45.7 Å². The number of alkyl carbamates (subject to hydrolysis) is 1. The number of methoxy groups -OCH3 is 1. The molecule has 0 spiro atoms. The maximum absolute atomic E-state index is 13.7. The van der Waals surface area contributed by atoms with Crippen molar-refractivity contribution in [3.63, 3.8) is 0 Å². The van der Waals surface area contributed by atoms with E-state index in [2.05, 4.69) is 30.7 Å². The van der Waals surface area contributed by atoms with Gasteiger partial charge >= 0.3 is 33.2 Å². The van der Waals surface area contributed by atoms with E-state index in [0.29, 0.717) is 0 Å². The lowest BCUT2D eigenvalue weighted by molar-refractivity contribution is -0.193. The first kappa shape index (κ1) is 42.5. The van der Waals surface area contributed by atoms with Crippen LogP contribution in [0.5, 0.6) is 0 Å². The fourth-order valence-electron chi connectivity index (χ4n) is 3.27. The molecule has 1 aromatic carbocycles. The average Bonchev–Trinajstić information content (AvgIpc) is 3.04. The minimum Gasteiger partial charge on any atom is -0.475 e. The minimum atomic E-state index is -5.08. The van der Waals surface area contributed by atoms with Crippen LogP contribution in [-0.2, 0) is 38.8 Å². The first-order valence-electron chi connectivity index (χ1n) is 13.2. The van der Waals surface area contributed by atoms with Crippen molar-refractivity contribution >= 4 is 41.4 Å². The maximum atomic E-state index is 13.7. The molecule has 2 amide bonds. The molecule has 0 fully saturated rings. The smallest absolute Gasteiger partial charge is 0.475 e. The third kappa shape index (κ3) is 14.7. The average molecular weight is 752 g/mol. The highest BCUT2D eigenvalue weighted by molar-refractivity contribution is 6.29. The number of anilines is 1. The van der Waals surface area contributed by atoms with Gasteiger partial charge in [-0.05, 0) is 11.1 Å². The highest BCUT2D eigenvalue weighted by atomic mass is 35.5. The van der Waals surface area contributed by atoms with Crippen LogP contribution in [-0.4, -0.2) is 74.6 Å². The third-order valence-electron chi connectivity index (χ3n) is 5.61. The van der Waals surface area contributed by atoms with Gasteiger partial charge in [-0.3, -0.25) is 19.1 Å². The number of aromatic nitrogens is 3. The maximum Gasteiger partial charge on any atom is 1.00 e. The van der Waals surface area contributed by atoms with Crippen LogP contribution in [0.15, 0.2) is 59.7 Å². The quantitative estimate of drug-likeness (QED) is 0.126. The van der Waals surface area contributed by atoms with Gasteiger partial charge < -0.3 is 30.9 Å². The Morgan fingerprint density at radius 1 is 0.980 bits per heavy atom. The summed E-state index contributed by atoms with van der Waals surface area (Å²) in [5.74, 6) is -6.44. The van der Waals surface area contributed by atoms with Crippen molar-refractivity contribution in [2.75, 3.05) is 12.4 Å². The number of hydrogen-bond donors (Lipinski definition) is 6. The summed E-state index contributed by atoms with van der Waals surface area (Å²) in [6.45, 7) is -0.167. The van der Waals surface area contributed by atoms with Crippen LogP contribution < -0.4 is 21.5 Å². The second-order valence-electron chi connectivity index (χ2n) is 9.09. The van der Waals surface area contributed by atoms with Crippen LogP contribution in [0.2, 0.25) is 5.15 Å². The number of carboxylic acids is 2. The summed E-state index contributed by atoms with van der Waals surface area (Å²) in [6.07, 6.45) is -11.0. The fourth-order valence-corrected chi connectivity index (χ4v) is 3.46. The van der Waals surface area contributed by atoms with E-state index in [4.69, 9.17) is 31.4 Å². The molecule has 1 unspecified atom stereocenters. The van der Waals surface area contributed by atoms with Crippen LogP contribution in [0.25, 0.3) is 0 Å². The summed E-state index contributed by atoms with van der Waals surface area (Å²) in [7, 11) is 1.25. The van der Waals surface area contributed by atoms with E-state index in [9.17, 15) is 49.5 Å². The number of benzene rings is 1. The highest BCUT2D eigenvalue weighted by Crippen LogP contribution is 2.22. The molecule has 0 saturated heterocycles. The highest BCUT2D eigenvalue weighted by Gasteiger charge is 2.39. The fraction of sp³-hybridized carbons (Fsp3) is 0.296. The lowest BCUT2D eigenvalue weighted by Crippen LogP contribution is -2.35. The predicted molar refractivity (Wildman–Crippen MR) is 158 cm³/mol. The van der Waals surface area contributed by atoms with Gasteiger partial charge in [0.1, 0.15) is 23.6 Å². The van der Waals surface area contributed by atoms with Crippen molar-refractivity contribution in [3.05, 3.63) is 87.2 Å². The number of nitrogens with zero attached hydrogens (tertiary/aromatic N) is 2. The molecule has 3 rings (SSSR count). The normalized spacial score (nSPS) is 11.5. The summed E-state index contributed by atoms with van der Waals surface area (Å²) < 4.78 is 96.3. The Bertz CT molecular complexity index is 1650. The second kappa shape index (κ2) is 19.5. The number of rotatable bonds is 10. The number of halogens is 9.